The van der Waals surface area contributed by atoms with Crippen LogP contribution in [0.15, 0.2) is 47.4 Å². The molecule has 3 heterocycles. The lowest BCUT2D eigenvalue weighted by atomic mass is 9.90. The van der Waals surface area contributed by atoms with E-state index in [4.69, 9.17) is 17.8 Å². The standard InChI is InChI=1S/C27H34IN5O4S/c1-19-8-9-22-21(14-19)24(29-16-27(17-36-18-27)32-26(2,3)10-12-37-28)31-25(30-22)33-11-13-38(34,35)23-7-5-4-6-20(23)15-33/h4-9,14,32H,10-13,15-18H2,1-3H3,(H,29,30,31). The molecule has 0 spiro atoms. The second-order valence-corrected chi connectivity index (χ2v) is 13.6. The van der Waals surface area contributed by atoms with E-state index >= 15 is 0 Å². The van der Waals surface area contributed by atoms with Crippen LogP contribution in [0.5, 0.6) is 0 Å². The van der Waals surface area contributed by atoms with Gasteiger partial charge in [0.05, 0.1) is 41.5 Å². The number of sulfone groups is 1. The van der Waals surface area contributed by atoms with Gasteiger partial charge in [-0.25, -0.2) is 13.4 Å². The van der Waals surface area contributed by atoms with Crippen molar-refractivity contribution < 1.29 is 16.2 Å². The fourth-order valence-corrected chi connectivity index (χ4v) is 6.85. The number of nitrogens with zero attached hydrogens (tertiary/aromatic N) is 3. The van der Waals surface area contributed by atoms with Crippen LogP contribution in [0.1, 0.15) is 31.4 Å². The van der Waals surface area contributed by atoms with Gasteiger partial charge in [-0.2, -0.15) is 4.98 Å². The number of nitrogens with one attached hydrogen (secondary N) is 2. The van der Waals surface area contributed by atoms with E-state index in [2.05, 4.69) is 30.5 Å². The van der Waals surface area contributed by atoms with Crippen LogP contribution in [0.25, 0.3) is 10.9 Å². The summed E-state index contributed by atoms with van der Waals surface area (Å²) in [4.78, 5) is 12.2. The number of hydrogen-bond donors (Lipinski definition) is 2. The second kappa shape index (κ2) is 10.8. The summed E-state index contributed by atoms with van der Waals surface area (Å²) in [5.41, 5.74) is 2.34. The predicted octanol–water partition coefficient (Wildman–Crippen LogP) is 4.04. The summed E-state index contributed by atoms with van der Waals surface area (Å²) >= 11 is 1.93. The maximum absolute atomic E-state index is 12.9. The fraction of sp³-hybridized carbons (Fsp3) is 0.481. The third kappa shape index (κ3) is 5.91. The van der Waals surface area contributed by atoms with E-state index in [1.165, 1.54) is 0 Å². The van der Waals surface area contributed by atoms with Crippen molar-refractivity contribution in [2.24, 2.45) is 0 Å². The van der Waals surface area contributed by atoms with Gasteiger partial charge in [0, 0.05) is 30.6 Å². The van der Waals surface area contributed by atoms with Crippen LogP contribution in [0.3, 0.4) is 0 Å². The molecular weight excluding hydrogens is 617 g/mol. The SMILES string of the molecule is Cc1ccc2nc(N3CCS(=O)(=O)c4ccccc4C3)nc(NCC3(NC(C)(C)CCOI)COC3)c2c1. The minimum absolute atomic E-state index is 0.0163. The molecule has 0 saturated carbocycles. The number of halogens is 1. The molecule has 2 N–H and O–H groups in total. The van der Waals surface area contributed by atoms with Crippen molar-refractivity contribution in [3.05, 3.63) is 53.6 Å². The van der Waals surface area contributed by atoms with E-state index in [1.54, 1.807) is 12.1 Å². The number of aryl methyl sites for hydroxylation is 1. The smallest absolute Gasteiger partial charge is 0.228 e. The maximum Gasteiger partial charge on any atom is 0.228 e. The van der Waals surface area contributed by atoms with Crippen molar-refractivity contribution in [1.29, 1.82) is 0 Å². The molecule has 0 amide bonds. The molecule has 2 aromatic carbocycles. The van der Waals surface area contributed by atoms with Crippen LogP contribution >= 0.6 is 23.0 Å². The lowest BCUT2D eigenvalue weighted by Gasteiger charge is -2.47. The Balaban J connectivity index is 1.45. The summed E-state index contributed by atoms with van der Waals surface area (Å²) in [6.45, 7) is 9.64. The maximum atomic E-state index is 12.9. The average Bonchev–Trinajstić information content (AvgIpc) is 3.00. The van der Waals surface area contributed by atoms with Crippen molar-refractivity contribution in [1.82, 2.24) is 15.3 Å². The Kier molecular flexibility index (Phi) is 7.84. The third-order valence-corrected chi connectivity index (χ3v) is 9.41. The van der Waals surface area contributed by atoms with Crippen LogP contribution in [-0.2, 0) is 24.2 Å². The van der Waals surface area contributed by atoms with Crippen LogP contribution < -0.4 is 15.5 Å². The van der Waals surface area contributed by atoms with Crippen LogP contribution in [0.4, 0.5) is 11.8 Å². The Morgan fingerprint density at radius 1 is 1.18 bits per heavy atom. The highest BCUT2D eigenvalue weighted by molar-refractivity contribution is 14.1. The van der Waals surface area contributed by atoms with Crippen LogP contribution in [0.2, 0.25) is 0 Å². The lowest BCUT2D eigenvalue weighted by molar-refractivity contribution is -0.0799. The zero-order valence-electron chi connectivity index (χ0n) is 22.0. The Bertz CT molecular complexity index is 1430. The number of benzene rings is 2. The van der Waals surface area contributed by atoms with Crippen molar-refractivity contribution in [3.63, 3.8) is 0 Å². The Morgan fingerprint density at radius 3 is 2.71 bits per heavy atom. The predicted molar refractivity (Wildman–Crippen MR) is 158 cm³/mol. The molecule has 2 aliphatic heterocycles. The summed E-state index contributed by atoms with van der Waals surface area (Å²) in [6, 6.07) is 13.3. The van der Waals surface area contributed by atoms with E-state index in [-0.39, 0.29) is 16.8 Å². The number of ether oxygens (including phenoxy) is 1. The molecule has 1 aromatic heterocycles. The first-order chi connectivity index (χ1) is 18.1. The highest BCUT2D eigenvalue weighted by Gasteiger charge is 2.42. The zero-order valence-corrected chi connectivity index (χ0v) is 24.9. The molecule has 0 radical (unpaired) electrons. The summed E-state index contributed by atoms with van der Waals surface area (Å²) < 4.78 is 36.7. The number of aromatic nitrogens is 2. The molecule has 0 atom stereocenters. The molecule has 5 rings (SSSR count). The van der Waals surface area contributed by atoms with Gasteiger partial charge in [-0.15, -0.1) is 0 Å². The van der Waals surface area contributed by atoms with Crippen molar-refractivity contribution in [3.8, 4) is 0 Å². The van der Waals surface area contributed by atoms with E-state index in [1.807, 2.05) is 59.1 Å². The average molecular weight is 652 g/mol. The molecule has 204 valence electrons. The van der Waals surface area contributed by atoms with Gasteiger partial charge in [0.1, 0.15) is 28.8 Å². The summed E-state index contributed by atoms with van der Waals surface area (Å²) in [5.74, 6) is 1.26. The summed E-state index contributed by atoms with van der Waals surface area (Å²) in [6.07, 6.45) is 0.872. The van der Waals surface area contributed by atoms with Crippen molar-refractivity contribution in [2.45, 2.75) is 49.7 Å². The van der Waals surface area contributed by atoms with Gasteiger partial charge >= 0.3 is 0 Å². The first-order valence-corrected chi connectivity index (χ1v) is 15.3. The number of anilines is 2. The van der Waals surface area contributed by atoms with Gasteiger partial charge < -0.3 is 23.3 Å². The highest BCUT2D eigenvalue weighted by atomic mass is 127. The monoisotopic (exact) mass is 651 g/mol. The highest BCUT2D eigenvalue weighted by Crippen LogP contribution is 2.30. The summed E-state index contributed by atoms with van der Waals surface area (Å²) in [7, 11) is -3.37. The molecule has 0 bridgehead atoms. The van der Waals surface area contributed by atoms with Crippen LogP contribution in [0, 0.1) is 6.92 Å². The molecule has 0 unspecified atom stereocenters. The molecule has 11 heteroatoms. The molecule has 38 heavy (non-hydrogen) atoms. The molecule has 0 aliphatic carbocycles. The number of rotatable bonds is 9. The van der Waals surface area contributed by atoms with Gasteiger partial charge in [0.25, 0.3) is 0 Å². The first kappa shape index (κ1) is 27.5. The fourth-order valence-electron chi connectivity index (χ4n) is 5.13. The lowest BCUT2D eigenvalue weighted by Crippen LogP contribution is -2.69. The topological polar surface area (TPSA) is 106 Å². The molecule has 3 aromatic rings. The second-order valence-electron chi connectivity index (χ2n) is 10.9. The number of hydrogen-bond acceptors (Lipinski definition) is 9. The normalized spacial score (nSPS) is 18.5. The minimum atomic E-state index is -3.37. The third-order valence-electron chi connectivity index (χ3n) is 7.18. The zero-order chi connectivity index (χ0) is 27.0. The van der Waals surface area contributed by atoms with E-state index in [0.29, 0.717) is 50.3 Å². The quantitative estimate of drug-likeness (QED) is 0.332. The minimum Gasteiger partial charge on any atom is -0.377 e. The largest absolute Gasteiger partial charge is 0.377 e. The Hall–Kier alpha value is -2.06. The van der Waals surface area contributed by atoms with Gasteiger partial charge in [-0.1, -0.05) is 29.8 Å². The number of fused-ring (bicyclic) bond motifs is 2. The van der Waals surface area contributed by atoms with E-state index < -0.39 is 9.84 Å². The van der Waals surface area contributed by atoms with Gasteiger partial charge in [-0.05, 0) is 51.0 Å². The van der Waals surface area contributed by atoms with Gasteiger partial charge in [0.15, 0.2) is 9.84 Å². The molecule has 2 aliphatic rings. The van der Waals surface area contributed by atoms with Gasteiger partial charge in [-0.3, -0.25) is 0 Å². The molecular formula is C27H34IN5O4S. The molecule has 1 fully saturated rings. The van der Waals surface area contributed by atoms with E-state index in [0.717, 1.165) is 34.3 Å². The van der Waals surface area contributed by atoms with Gasteiger partial charge in [0.2, 0.25) is 5.95 Å². The molecule has 1 saturated heterocycles. The van der Waals surface area contributed by atoms with Crippen LogP contribution in [-0.4, -0.2) is 68.1 Å². The van der Waals surface area contributed by atoms with Crippen molar-refractivity contribution in [2.75, 3.05) is 48.9 Å². The van der Waals surface area contributed by atoms with E-state index in [9.17, 15) is 8.42 Å². The summed E-state index contributed by atoms with van der Waals surface area (Å²) in [5, 5.41) is 8.32. The Labute approximate surface area is 238 Å². The molecule has 9 nitrogen and oxygen atoms in total. The first-order valence-electron chi connectivity index (χ1n) is 12.8. The van der Waals surface area contributed by atoms with Crippen molar-refractivity contribution >= 4 is 55.5 Å². The Morgan fingerprint density at radius 2 is 1.97 bits per heavy atom.